The van der Waals surface area contributed by atoms with Gasteiger partial charge in [-0.2, -0.15) is 0 Å². The van der Waals surface area contributed by atoms with Gasteiger partial charge in [-0.1, -0.05) is 26.0 Å². The average Bonchev–Trinajstić information content (AvgIpc) is 2.73. The normalized spacial score (nSPS) is 15.9. The monoisotopic (exact) mass is 232 g/mol. The minimum atomic E-state index is 0.249. The summed E-state index contributed by atoms with van der Waals surface area (Å²) in [7, 11) is 0. The molecule has 0 aromatic heterocycles. The number of benzene rings is 1. The molecule has 1 N–H and O–H groups in total. The number of carbonyl (C=O) groups is 1. The van der Waals surface area contributed by atoms with Crippen molar-refractivity contribution in [2.75, 3.05) is 11.4 Å². The van der Waals surface area contributed by atoms with Gasteiger partial charge in [0, 0.05) is 31.2 Å². The minimum absolute atomic E-state index is 0.249. The number of nitrogens with one attached hydrogen (secondary N) is 1. The Balaban J connectivity index is 2.08. The summed E-state index contributed by atoms with van der Waals surface area (Å²) in [6, 6.07) is 8.73. The first-order chi connectivity index (χ1) is 8.16. The molecule has 3 nitrogen and oxygen atoms in total. The van der Waals surface area contributed by atoms with Crippen LogP contribution in [0.3, 0.4) is 0 Å². The van der Waals surface area contributed by atoms with Gasteiger partial charge in [-0.25, -0.2) is 0 Å². The van der Waals surface area contributed by atoms with Gasteiger partial charge in [0.15, 0.2) is 0 Å². The summed E-state index contributed by atoms with van der Waals surface area (Å²) in [5.74, 6) is 0.249. The zero-order valence-electron chi connectivity index (χ0n) is 10.6. The molecule has 1 aromatic rings. The number of amides is 1. The fourth-order valence-electron chi connectivity index (χ4n) is 2.08. The van der Waals surface area contributed by atoms with Crippen LogP contribution >= 0.6 is 0 Å². The lowest BCUT2D eigenvalue weighted by molar-refractivity contribution is -0.117. The molecule has 0 bridgehead atoms. The Hall–Kier alpha value is -1.35. The molecule has 1 saturated heterocycles. The Morgan fingerprint density at radius 2 is 2.24 bits per heavy atom. The zero-order valence-corrected chi connectivity index (χ0v) is 10.6. The van der Waals surface area contributed by atoms with Crippen molar-refractivity contribution in [2.45, 2.75) is 39.3 Å². The molecule has 0 aliphatic carbocycles. The topological polar surface area (TPSA) is 32.3 Å². The van der Waals surface area contributed by atoms with Crippen molar-refractivity contribution in [2.24, 2.45) is 0 Å². The van der Waals surface area contributed by atoms with E-state index in [1.807, 2.05) is 17.0 Å². The molecule has 0 spiro atoms. The quantitative estimate of drug-likeness (QED) is 0.864. The van der Waals surface area contributed by atoms with E-state index in [9.17, 15) is 4.79 Å². The lowest BCUT2D eigenvalue weighted by atomic mass is 10.2. The van der Waals surface area contributed by atoms with E-state index in [1.165, 1.54) is 5.56 Å². The molecular weight excluding hydrogens is 212 g/mol. The van der Waals surface area contributed by atoms with E-state index in [-0.39, 0.29) is 5.91 Å². The van der Waals surface area contributed by atoms with Gasteiger partial charge < -0.3 is 10.2 Å². The first-order valence-electron chi connectivity index (χ1n) is 6.29. The SMILES string of the molecule is CC(C)NCc1cccc(N2CCCC2=O)c1. The molecule has 0 radical (unpaired) electrons. The van der Waals surface area contributed by atoms with Crippen molar-refractivity contribution in [3.05, 3.63) is 29.8 Å². The van der Waals surface area contributed by atoms with Crippen LogP contribution in [0.5, 0.6) is 0 Å². The van der Waals surface area contributed by atoms with Gasteiger partial charge in [0.1, 0.15) is 0 Å². The summed E-state index contributed by atoms with van der Waals surface area (Å²) in [6.07, 6.45) is 1.67. The molecule has 1 aromatic carbocycles. The molecule has 1 aliphatic heterocycles. The first kappa shape index (κ1) is 12.1. The van der Waals surface area contributed by atoms with Gasteiger partial charge in [0.25, 0.3) is 0 Å². The predicted octanol–water partition coefficient (Wildman–Crippen LogP) is 2.31. The lowest BCUT2D eigenvalue weighted by Gasteiger charge is -2.17. The summed E-state index contributed by atoms with van der Waals surface area (Å²) < 4.78 is 0. The van der Waals surface area contributed by atoms with Crippen molar-refractivity contribution in [1.29, 1.82) is 0 Å². The molecule has 0 atom stereocenters. The zero-order chi connectivity index (χ0) is 12.3. The van der Waals surface area contributed by atoms with Crippen LogP contribution < -0.4 is 10.2 Å². The maximum Gasteiger partial charge on any atom is 0.227 e. The highest BCUT2D eigenvalue weighted by Crippen LogP contribution is 2.22. The predicted molar refractivity (Wildman–Crippen MR) is 70.0 cm³/mol. The fourth-order valence-corrected chi connectivity index (χ4v) is 2.08. The third-order valence-electron chi connectivity index (χ3n) is 3.01. The summed E-state index contributed by atoms with van der Waals surface area (Å²) in [4.78, 5) is 13.6. The maximum absolute atomic E-state index is 11.7. The standard InChI is InChI=1S/C14H20N2O/c1-11(2)15-10-12-5-3-6-13(9-12)16-8-4-7-14(16)17/h3,5-6,9,11,15H,4,7-8,10H2,1-2H3. The van der Waals surface area contributed by atoms with Gasteiger partial charge in [-0.3, -0.25) is 4.79 Å². The number of hydrogen-bond acceptors (Lipinski definition) is 2. The van der Waals surface area contributed by atoms with Crippen molar-refractivity contribution >= 4 is 11.6 Å². The number of anilines is 1. The fraction of sp³-hybridized carbons (Fsp3) is 0.500. The summed E-state index contributed by atoms with van der Waals surface area (Å²) in [6.45, 7) is 5.98. The third-order valence-corrected chi connectivity index (χ3v) is 3.01. The van der Waals surface area contributed by atoms with Gasteiger partial charge in [-0.15, -0.1) is 0 Å². The Bertz CT molecular complexity index is 401. The lowest BCUT2D eigenvalue weighted by Crippen LogP contribution is -2.24. The minimum Gasteiger partial charge on any atom is -0.312 e. The molecule has 1 heterocycles. The van der Waals surface area contributed by atoms with E-state index in [0.717, 1.165) is 25.2 Å². The molecular formula is C14H20N2O. The molecule has 17 heavy (non-hydrogen) atoms. The van der Waals surface area contributed by atoms with E-state index < -0.39 is 0 Å². The Morgan fingerprint density at radius 3 is 2.88 bits per heavy atom. The Morgan fingerprint density at radius 1 is 1.41 bits per heavy atom. The van der Waals surface area contributed by atoms with Crippen molar-refractivity contribution in [3.8, 4) is 0 Å². The molecule has 1 aliphatic rings. The van der Waals surface area contributed by atoms with Crippen LogP contribution in [0.4, 0.5) is 5.69 Å². The second-order valence-electron chi connectivity index (χ2n) is 4.85. The number of nitrogens with zero attached hydrogens (tertiary/aromatic N) is 1. The van der Waals surface area contributed by atoms with E-state index in [1.54, 1.807) is 0 Å². The molecule has 0 unspecified atom stereocenters. The Kier molecular flexibility index (Phi) is 3.79. The van der Waals surface area contributed by atoms with Crippen LogP contribution in [0.15, 0.2) is 24.3 Å². The van der Waals surface area contributed by atoms with Crippen LogP contribution in [-0.2, 0) is 11.3 Å². The van der Waals surface area contributed by atoms with Gasteiger partial charge >= 0.3 is 0 Å². The highest BCUT2D eigenvalue weighted by atomic mass is 16.2. The second-order valence-corrected chi connectivity index (χ2v) is 4.85. The molecule has 1 amide bonds. The summed E-state index contributed by atoms with van der Waals surface area (Å²) >= 11 is 0. The summed E-state index contributed by atoms with van der Waals surface area (Å²) in [5.41, 5.74) is 2.27. The van der Waals surface area contributed by atoms with Crippen LogP contribution in [-0.4, -0.2) is 18.5 Å². The third kappa shape index (κ3) is 3.07. The van der Waals surface area contributed by atoms with Crippen LogP contribution in [0.2, 0.25) is 0 Å². The largest absolute Gasteiger partial charge is 0.312 e. The molecule has 2 rings (SSSR count). The highest BCUT2D eigenvalue weighted by Gasteiger charge is 2.21. The van der Waals surface area contributed by atoms with E-state index >= 15 is 0 Å². The molecule has 0 saturated carbocycles. The summed E-state index contributed by atoms with van der Waals surface area (Å²) in [5, 5.41) is 3.39. The molecule has 1 fully saturated rings. The molecule has 92 valence electrons. The molecule has 3 heteroatoms. The van der Waals surface area contributed by atoms with E-state index in [2.05, 4.69) is 31.3 Å². The second kappa shape index (κ2) is 5.32. The maximum atomic E-state index is 11.7. The smallest absolute Gasteiger partial charge is 0.227 e. The van der Waals surface area contributed by atoms with Crippen molar-refractivity contribution in [1.82, 2.24) is 5.32 Å². The van der Waals surface area contributed by atoms with E-state index in [4.69, 9.17) is 0 Å². The van der Waals surface area contributed by atoms with Crippen molar-refractivity contribution in [3.63, 3.8) is 0 Å². The van der Waals surface area contributed by atoms with Gasteiger partial charge in [-0.05, 0) is 24.1 Å². The Labute approximate surface area is 103 Å². The van der Waals surface area contributed by atoms with Crippen molar-refractivity contribution < 1.29 is 4.79 Å². The van der Waals surface area contributed by atoms with E-state index in [0.29, 0.717) is 12.5 Å². The number of hydrogen-bond donors (Lipinski definition) is 1. The first-order valence-corrected chi connectivity index (χ1v) is 6.29. The van der Waals surface area contributed by atoms with Gasteiger partial charge in [0.2, 0.25) is 5.91 Å². The van der Waals surface area contributed by atoms with Gasteiger partial charge in [0.05, 0.1) is 0 Å². The average molecular weight is 232 g/mol. The van der Waals surface area contributed by atoms with Crippen LogP contribution in [0.1, 0.15) is 32.3 Å². The highest BCUT2D eigenvalue weighted by molar-refractivity contribution is 5.95. The van der Waals surface area contributed by atoms with Crippen LogP contribution in [0.25, 0.3) is 0 Å². The number of carbonyl (C=O) groups excluding carboxylic acids is 1. The van der Waals surface area contributed by atoms with Crippen LogP contribution in [0, 0.1) is 0 Å². The number of rotatable bonds is 4.